The predicted molar refractivity (Wildman–Crippen MR) is 147 cm³/mol. The van der Waals surface area contributed by atoms with E-state index < -0.39 is 17.0 Å². The summed E-state index contributed by atoms with van der Waals surface area (Å²) in [6, 6.07) is 0. The van der Waals surface area contributed by atoms with Crippen LogP contribution in [-0.2, 0) is 14.3 Å². The zero-order valence-electron chi connectivity index (χ0n) is 24.8. The lowest BCUT2D eigenvalue weighted by Crippen LogP contribution is -2.60. The van der Waals surface area contributed by atoms with E-state index in [9.17, 15) is 14.7 Å². The molecule has 38 heavy (non-hydrogen) atoms. The zero-order chi connectivity index (χ0) is 27.0. The van der Waals surface area contributed by atoms with Crippen LogP contribution in [0.4, 0.5) is 0 Å². The standard InChI is InChI=1S/C34H52O4/c1-7-31(3,4)27-23-12-24(28(27)32(5,6)8-2)26-21-10-20(25(23)26)11-22(21)29(35)38-34-15-18-9-19(16-34)14-33(13-18,17-34)30(36)37/h18-28H,7-17H2,1-6H3,(H,36,37). The summed E-state index contributed by atoms with van der Waals surface area (Å²) in [4.78, 5) is 26.4. The highest BCUT2D eigenvalue weighted by molar-refractivity contribution is 5.77. The van der Waals surface area contributed by atoms with Crippen molar-refractivity contribution in [1.29, 1.82) is 0 Å². The Bertz CT molecular complexity index is 1010. The molecule has 11 atom stereocenters. The maximum absolute atomic E-state index is 14.0. The van der Waals surface area contributed by atoms with Crippen molar-refractivity contribution < 1.29 is 19.4 Å². The van der Waals surface area contributed by atoms with Gasteiger partial charge in [-0.1, -0.05) is 54.4 Å². The van der Waals surface area contributed by atoms with Gasteiger partial charge >= 0.3 is 11.9 Å². The molecule has 8 saturated carbocycles. The van der Waals surface area contributed by atoms with Gasteiger partial charge in [0.05, 0.1) is 11.3 Å². The first-order valence-electron chi connectivity index (χ1n) is 16.3. The molecule has 0 amide bonds. The minimum absolute atomic E-state index is 0.0532. The van der Waals surface area contributed by atoms with Gasteiger partial charge in [-0.25, -0.2) is 0 Å². The quantitative estimate of drug-likeness (QED) is 0.275. The fourth-order valence-electron chi connectivity index (χ4n) is 13.3. The minimum atomic E-state index is -0.647. The molecule has 212 valence electrons. The highest BCUT2D eigenvalue weighted by Gasteiger charge is 2.71. The molecule has 0 heterocycles. The van der Waals surface area contributed by atoms with Crippen LogP contribution in [0.5, 0.6) is 0 Å². The number of hydrogen-bond acceptors (Lipinski definition) is 3. The van der Waals surface area contributed by atoms with Crippen molar-refractivity contribution in [1.82, 2.24) is 0 Å². The van der Waals surface area contributed by atoms with Gasteiger partial charge in [0.2, 0.25) is 0 Å². The molecule has 4 heteroatoms. The number of ether oxygens (including phenoxy) is 1. The fourth-order valence-corrected chi connectivity index (χ4v) is 13.3. The van der Waals surface area contributed by atoms with Crippen molar-refractivity contribution in [2.75, 3.05) is 0 Å². The average Bonchev–Trinajstić information content (AvgIpc) is 3.60. The van der Waals surface area contributed by atoms with Gasteiger partial charge in [-0.3, -0.25) is 9.59 Å². The molecule has 8 aliphatic rings. The molecule has 0 spiro atoms. The molecule has 4 nitrogen and oxygen atoms in total. The van der Waals surface area contributed by atoms with Gasteiger partial charge in [0.25, 0.3) is 0 Å². The maximum atomic E-state index is 14.0. The van der Waals surface area contributed by atoms with Crippen LogP contribution in [0, 0.1) is 81.3 Å². The first-order chi connectivity index (χ1) is 17.8. The third-order valence-corrected chi connectivity index (χ3v) is 14.7. The summed E-state index contributed by atoms with van der Waals surface area (Å²) in [7, 11) is 0. The molecule has 0 aliphatic heterocycles. The molecule has 0 aromatic heterocycles. The van der Waals surface area contributed by atoms with E-state index in [0.717, 1.165) is 68.1 Å². The van der Waals surface area contributed by atoms with E-state index in [1.807, 2.05) is 0 Å². The molecule has 8 aliphatic carbocycles. The molecule has 11 unspecified atom stereocenters. The SMILES string of the molecule is CCC(C)(C)C1C2CC(C3C4CC(CC4C(=O)OC45CC6CC(C4)CC(C(=O)O)(C6)C5)C23)C1C(C)(C)CC. The van der Waals surface area contributed by atoms with Gasteiger partial charge in [-0.2, -0.15) is 0 Å². The number of carbonyl (C=O) groups excluding carboxylic acids is 1. The number of carboxylic acids is 1. The van der Waals surface area contributed by atoms with E-state index in [0.29, 0.717) is 46.8 Å². The van der Waals surface area contributed by atoms with E-state index in [1.165, 1.54) is 25.7 Å². The van der Waals surface area contributed by atoms with Crippen LogP contribution in [0.1, 0.15) is 112 Å². The molecule has 8 fully saturated rings. The summed E-state index contributed by atoms with van der Waals surface area (Å²) in [6.45, 7) is 14.9. The monoisotopic (exact) mass is 524 g/mol. The number of carbonyl (C=O) groups is 2. The molecule has 0 aromatic rings. The molecule has 0 aromatic carbocycles. The topological polar surface area (TPSA) is 63.6 Å². The highest BCUT2D eigenvalue weighted by Crippen LogP contribution is 2.76. The lowest BCUT2D eigenvalue weighted by molar-refractivity contribution is -0.214. The molecule has 8 rings (SSSR count). The Morgan fingerprint density at radius 1 is 0.789 bits per heavy atom. The number of fused-ring (bicyclic) bond motifs is 9. The Hall–Kier alpha value is -1.06. The summed E-state index contributed by atoms with van der Waals surface area (Å²) in [5, 5.41) is 10.2. The van der Waals surface area contributed by atoms with Crippen LogP contribution in [0.3, 0.4) is 0 Å². The van der Waals surface area contributed by atoms with Crippen molar-refractivity contribution in [2.24, 2.45) is 81.3 Å². The third kappa shape index (κ3) is 3.33. The van der Waals surface area contributed by atoms with Gasteiger partial charge in [0, 0.05) is 6.42 Å². The smallest absolute Gasteiger partial charge is 0.309 e. The summed E-state index contributed by atoms with van der Waals surface area (Å²) in [5.74, 6) is 6.17. The second-order valence-corrected chi connectivity index (χ2v) is 17.1. The Labute approximate surface area is 230 Å². The van der Waals surface area contributed by atoms with E-state index in [2.05, 4.69) is 41.5 Å². The second kappa shape index (κ2) is 8.03. The van der Waals surface area contributed by atoms with Crippen LogP contribution in [-0.4, -0.2) is 22.6 Å². The van der Waals surface area contributed by atoms with Gasteiger partial charge in [0.15, 0.2) is 0 Å². The van der Waals surface area contributed by atoms with E-state index >= 15 is 0 Å². The van der Waals surface area contributed by atoms with Gasteiger partial charge in [-0.15, -0.1) is 0 Å². The number of aliphatic carboxylic acids is 1. The van der Waals surface area contributed by atoms with E-state index in [-0.39, 0.29) is 11.9 Å². The summed E-state index contributed by atoms with van der Waals surface area (Å²) in [6.07, 6.45) is 11.2. The number of hydrogen-bond donors (Lipinski definition) is 1. The third-order valence-electron chi connectivity index (χ3n) is 14.7. The highest BCUT2D eigenvalue weighted by atomic mass is 16.6. The molecule has 8 bridgehead atoms. The van der Waals surface area contributed by atoms with Crippen molar-refractivity contribution >= 4 is 11.9 Å². The molecule has 1 N–H and O–H groups in total. The number of carboxylic acid groups (broad SMARTS) is 1. The van der Waals surface area contributed by atoms with Crippen LogP contribution < -0.4 is 0 Å². The Morgan fingerprint density at radius 2 is 1.37 bits per heavy atom. The predicted octanol–water partition coefficient (Wildman–Crippen LogP) is 7.60. The first-order valence-corrected chi connectivity index (χ1v) is 16.3. The summed E-state index contributed by atoms with van der Waals surface area (Å²) < 4.78 is 6.60. The largest absolute Gasteiger partial charge is 0.481 e. The van der Waals surface area contributed by atoms with Crippen LogP contribution in [0.25, 0.3) is 0 Å². The van der Waals surface area contributed by atoms with Gasteiger partial charge in [-0.05, 0) is 121 Å². The second-order valence-electron chi connectivity index (χ2n) is 17.1. The molecular formula is C34H52O4. The summed E-state index contributed by atoms with van der Waals surface area (Å²) >= 11 is 0. The summed E-state index contributed by atoms with van der Waals surface area (Å²) in [5.41, 5.74) is -0.433. The Balaban J connectivity index is 1.13. The molecular weight excluding hydrogens is 472 g/mol. The van der Waals surface area contributed by atoms with E-state index in [1.54, 1.807) is 0 Å². The van der Waals surface area contributed by atoms with Gasteiger partial charge in [0.1, 0.15) is 5.60 Å². The first kappa shape index (κ1) is 25.9. The van der Waals surface area contributed by atoms with E-state index in [4.69, 9.17) is 4.74 Å². The normalized spacial score (nSPS) is 52.0. The number of esters is 1. The van der Waals surface area contributed by atoms with Crippen molar-refractivity contribution in [3.05, 3.63) is 0 Å². The van der Waals surface area contributed by atoms with Crippen LogP contribution in [0.2, 0.25) is 0 Å². The average molecular weight is 525 g/mol. The van der Waals surface area contributed by atoms with Crippen LogP contribution >= 0.6 is 0 Å². The fraction of sp³-hybridized carbons (Fsp3) is 0.941. The van der Waals surface area contributed by atoms with Crippen molar-refractivity contribution in [3.63, 3.8) is 0 Å². The minimum Gasteiger partial charge on any atom is -0.481 e. The molecule has 0 radical (unpaired) electrons. The Morgan fingerprint density at radius 3 is 1.92 bits per heavy atom. The van der Waals surface area contributed by atoms with Crippen molar-refractivity contribution in [2.45, 2.75) is 118 Å². The molecule has 0 saturated heterocycles. The Kier molecular flexibility index (Phi) is 5.47. The lowest BCUT2D eigenvalue weighted by atomic mass is 9.48. The van der Waals surface area contributed by atoms with Crippen molar-refractivity contribution in [3.8, 4) is 0 Å². The lowest BCUT2D eigenvalue weighted by Gasteiger charge is -2.59. The maximum Gasteiger partial charge on any atom is 0.309 e. The van der Waals surface area contributed by atoms with Crippen LogP contribution in [0.15, 0.2) is 0 Å². The number of rotatable bonds is 7. The van der Waals surface area contributed by atoms with Gasteiger partial charge < -0.3 is 9.84 Å². The zero-order valence-corrected chi connectivity index (χ0v) is 24.8.